The minimum atomic E-state index is -1.52. The Morgan fingerprint density at radius 3 is 1.75 bits per heavy atom. The Bertz CT molecular complexity index is 1200. The van der Waals surface area contributed by atoms with Crippen molar-refractivity contribution in [2.24, 2.45) is 5.73 Å². The summed E-state index contributed by atoms with van der Waals surface area (Å²) in [7, 11) is 0. The third-order valence-corrected chi connectivity index (χ3v) is 8.49. The molecule has 5 aliphatic heterocycles. The molecule has 20 nitrogen and oxygen atoms in total. The van der Waals surface area contributed by atoms with E-state index in [-0.39, 0.29) is 63.9 Å². The second-order valence-electron chi connectivity index (χ2n) is 12.8. The number of carbonyl (C=O) groups excluding carboxylic acids is 6. The van der Waals surface area contributed by atoms with Gasteiger partial charge in [0.25, 0.3) is 5.72 Å². The van der Waals surface area contributed by atoms with Gasteiger partial charge in [-0.25, -0.2) is 9.59 Å². The number of amides is 3. The highest BCUT2D eigenvalue weighted by molar-refractivity contribution is 5.82. The first-order valence-corrected chi connectivity index (χ1v) is 17.5. The molecular weight excluding hydrogens is 676 g/mol. The van der Waals surface area contributed by atoms with Gasteiger partial charge in [-0.05, 0) is 12.8 Å². The van der Waals surface area contributed by atoms with E-state index in [0.717, 1.165) is 5.23 Å². The van der Waals surface area contributed by atoms with Crippen LogP contribution in [0.25, 0.3) is 0 Å². The topological polar surface area (TPSA) is 224 Å². The molecular formula is C31H52N8O12. The molecule has 0 aromatic carbocycles. The number of hydrogen-bond acceptors (Lipinski definition) is 17. The number of hydrogen-bond donors (Lipinski definition) is 3. The maximum atomic E-state index is 12.9. The molecule has 5 aliphatic rings. The molecule has 0 aromatic rings. The Morgan fingerprint density at radius 1 is 0.647 bits per heavy atom. The van der Waals surface area contributed by atoms with Gasteiger partial charge >= 0.3 is 17.9 Å². The number of ether oxygens (including phenoxy) is 4. The van der Waals surface area contributed by atoms with E-state index in [1.165, 1.54) is 0 Å². The van der Waals surface area contributed by atoms with Crippen LogP contribution >= 0.6 is 0 Å². The van der Waals surface area contributed by atoms with Crippen LogP contribution in [0.15, 0.2) is 0 Å². The van der Waals surface area contributed by atoms with E-state index in [4.69, 9.17) is 34.4 Å². The summed E-state index contributed by atoms with van der Waals surface area (Å²) in [5, 5.41) is 6.41. The molecule has 20 heteroatoms. The first-order valence-electron chi connectivity index (χ1n) is 17.5. The number of carbonyl (C=O) groups is 6. The monoisotopic (exact) mass is 728 g/mol. The van der Waals surface area contributed by atoms with E-state index in [1.807, 2.05) is 19.6 Å². The van der Waals surface area contributed by atoms with Crippen LogP contribution in [0.3, 0.4) is 0 Å². The summed E-state index contributed by atoms with van der Waals surface area (Å²) in [6.07, 6.45) is 1.39. The molecule has 51 heavy (non-hydrogen) atoms. The van der Waals surface area contributed by atoms with Crippen molar-refractivity contribution in [3.05, 3.63) is 0 Å². The first kappa shape index (κ1) is 40.3. The lowest BCUT2D eigenvalue weighted by Crippen LogP contribution is -2.67. The zero-order valence-corrected chi connectivity index (χ0v) is 29.2. The number of hydroxylamine groups is 2. The molecule has 288 valence electrons. The van der Waals surface area contributed by atoms with Crippen molar-refractivity contribution in [1.82, 2.24) is 35.5 Å². The molecule has 0 aromatic heterocycles. The summed E-state index contributed by atoms with van der Waals surface area (Å²) in [6.45, 7) is 6.56. The number of esters is 1. The smallest absolute Gasteiger partial charge is 0.343 e. The van der Waals surface area contributed by atoms with Gasteiger partial charge in [0, 0.05) is 78.4 Å². The van der Waals surface area contributed by atoms with Crippen molar-refractivity contribution in [1.29, 1.82) is 0 Å². The summed E-state index contributed by atoms with van der Waals surface area (Å²) in [6, 6.07) is 0. The lowest BCUT2D eigenvalue weighted by Gasteiger charge is -2.45. The molecule has 0 saturated carbocycles. The Morgan fingerprint density at radius 2 is 1.14 bits per heavy atom. The van der Waals surface area contributed by atoms with Gasteiger partial charge in [0.1, 0.15) is 0 Å². The lowest BCUT2D eigenvalue weighted by molar-refractivity contribution is -0.414. The predicted octanol–water partition coefficient (Wildman–Crippen LogP) is -3.97. The molecule has 5 rings (SSSR count). The van der Waals surface area contributed by atoms with Crippen molar-refractivity contribution < 1.29 is 57.4 Å². The van der Waals surface area contributed by atoms with E-state index in [1.54, 1.807) is 0 Å². The molecule has 0 radical (unpaired) electrons. The van der Waals surface area contributed by atoms with Gasteiger partial charge in [-0.1, -0.05) is 0 Å². The number of nitrogens with two attached hydrogens (primary N) is 1. The number of fused-ring (bicyclic) bond motifs is 7. The number of nitrogens with zero attached hydrogens (tertiary/aromatic N) is 5. The van der Waals surface area contributed by atoms with Gasteiger partial charge < -0.3 is 45.0 Å². The van der Waals surface area contributed by atoms with Gasteiger partial charge in [-0.2, -0.15) is 0 Å². The first-order chi connectivity index (χ1) is 24.6. The van der Waals surface area contributed by atoms with E-state index < -0.39 is 29.5 Å². The summed E-state index contributed by atoms with van der Waals surface area (Å²) in [5.41, 5.74) is 3.50. The number of morpholine rings is 1. The third kappa shape index (κ3) is 14.6. The van der Waals surface area contributed by atoms with Crippen LogP contribution in [-0.4, -0.2) is 197 Å². The van der Waals surface area contributed by atoms with Crippen molar-refractivity contribution in [3.63, 3.8) is 0 Å². The van der Waals surface area contributed by atoms with E-state index in [2.05, 4.69) is 10.6 Å². The molecule has 5 bridgehead atoms. The van der Waals surface area contributed by atoms with Crippen LogP contribution in [-0.2, 0) is 57.4 Å². The fraction of sp³-hybridized carbons (Fsp3) is 0.806. The standard InChI is InChI=1S/C31H52N8O12/c32-25(40)3-4-26(41)33-5-1-13-46-15-17-48-18-16-47-14-2-6-34-27(42)19-35-7-8-36-10-12-38-22-30(45)51-39(50-29(44)21-36)31(24-38)23-37(11-9-35)20-28(43)49-31/h1-24H2,(H2,32,40)(H,33,41)(H,34,42). The van der Waals surface area contributed by atoms with Gasteiger partial charge in [-0.15, -0.1) is 0 Å². The highest BCUT2D eigenvalue weighted by Crippen LogP contribution is 2.29. The van der Waals surface area contributed by atoms with Gasteiger partial charge in [-0.3, -0.25) is 38.8 Å². The van der Waals surface area contributed by atoms with Crippen molar-refractivity contribution in [2.75, 3.05) is 131 Å². The highest BCUT2D eigenvalue weighted by atomic mass is 17.0. The Kier molecular flexibility index (Phi) is 16.7. The number of primary amides is 1. The molecule has 5 saturated heterocycles. The van der Waals surface area contributed by atoms with Gasteiger partial charge in [0.05, 0.1) is 70.9 Å². The summed E-state index contributed by atoms with van der Waals surface area (Å²) in [5.74, 6) is -2.65. The quantitative estimate of drug-likeness (QED) is 0.0852. The van der Waals surface area contributed by atoms with Crippen LogP contribution in [0.5, 0.6) is 0 Å². The molecule has 0 aliphatic carbocycles. The van der Waals surface area contributed by atoms with Crippen molar-refractivity contribution >= 4 is 35.6 Å². The lowest BCUT2D eigenvalue weighted by atomic mass is 10.1. The van der Waals surface area contributed by atoms with Crippen LogP contribution < -0.4 is 16.4 Å². The molecule has 5 heterocycles. The number of nitrogens with one attached hydrogen (secondary N) is 2. The SMILES string of the molecule is NC(=O)CCC(=O)NCCCOCCOCCOCCCNC(=O)CN1CCN2CCN3CC(=O)ON(OC(=O)C2)C2(C3)CN(CC1)CC(=O)O2. The molecule has 5 unspecified atom stereocenters. The molecule has 5 fully saturated rings. The molecule has 3 amide bonds. The van der Waals surface area contributed by atoms with Crippen molar-refractivity contribution in [3.8, 4) is 0 Å². The minimum absolute atomic E-state index is 0.00707. The van der Waals surface area contributed by atoms with Crippen LogP contribution in [0.4, 0.5) is 0 Å². The average Bonchev–Trinajstić information content (AvgIpc) is 3.19. The second kappa shape index (κ2) is 21.1. The maximum Gasteiger partial charge on any atom is 0.343 e. The zero-order valence-electron chi connectivity index (χ0n) is 29.2. The Hall–Kier alpha value is -3.50. The van der Waals surface area contributed by atoms with E-state index >= 15 is 0 Å². The van der Waals surface area contributed by atoms with E-state index in [0.29, 0.717) is 105 Å². The second-order valence-corrected chi connectivity index (χ2v) is 12.8. The number of rotatable bonds is 19. The normalized spacial score (nSPS) is 26.9. The van der Waals surface area contributed by atoms with Gasteiger partial charge in [0.2, 0.25) is 17.7 Å². The Balaban J connectivity index is 1.10. The molecule has 1 spiro atoms. The largest absolute Gasteiger partial charge is 0.433 e. The molecule has 4 N–H and O–H groups in total. The van der Waals surface area contributed by atoms with Crippen LogP contribution in [0.2, 0.25) is 0 Å². The predicted molar refractivity (Wildman–Crippen MR) is 175 cm³/mol. The van der Waals surface area contributed by atoms with E-state index in [9.17, 15) is 28.8 Å². The van der Waals surface area contributed by atoms with Crippen LogP contribution in [0.1, 0.15) is 25.7 Å². The Labute approximate surface area is 296 Å². The zero-order chi connectivity index (χ0) is 36.5. The van der Waals surface area contributed by atoms with Gasteiger partial charge in [0.15, 0.2) is 0 Å². The average molecular weight is 729 g/mol. The molecule has 5 atom stereocenters. The van der Waals surface area contributed by atoms with Crippen LogP contribution in [0, 0.1) is 0 Å². The highest BCUT2D eigenvalue weighted by Gasteiger charge is 2.54. The fourth-order valence-corrected chi connectivity index (χ4v) is 5.93. The van der Waals surface area contributed by atoms with Crippen molar-refractivity contribution in [2.45, 2.75) is 31.4 Å². The maximum absolute atomic E-state index is 12.9. The summed E-state index contributed by atoms with van der Waals surface area (Å²) < 4.78 is 22.3. The third-order valence-electron chi connectivity index (χ3n) is 8.49. The minimum Gasteiger partial charge on any atom is -0.433 e. The summed E-state index contributed by atoms with van der Waals surface area (Å²) in [4.78, 5) is 91.8. The summed E-state index contributed by atoms with van der Waals surface area (Å²) >= 11 is 0. The fourth-order valence-electron chi connectivity index (χ4n) is 5.93.